The zero-order valence-electron chi connectivity index (χ0n) is 11.0. The molecule has 1 aliphatic carbocycles. The van der Waals surface area contributed by atoms with Gasteiger partial charge in [-0.3, -0.25) is 0 Å². The van der Waals surface area contributed by atoms with Gasteiger partial charge in [0.2, 0.25) is 0 Å². The maximum Gasteiger partial charge on any atom is 0.160 e. The Balaban J connectivity index is 2.06. The van der Waals surface area contributed by atoms with E-state index in [0.717, 1.165) is 18.6 Å². The van der Waals surface area contributed by atoms with Crippen LogP contribution >= 0.6 is 11.6 Å². The second-order valence-electron chi connectivity index (χ2n) is 5.49. The molecule has 0 bridgehead atoms. The molecule has 0 amide bonds. The number of nitrogens with two attached hydrogens (primary N) is 1. The first-order valence-corrected chi connectivity index (χ1v) is 7.35. The van der Waals surface area contributed by atoms with Crippen molar-refractivity contribution in [1.82, 2.24) is 0 Å². The Kier molecular flexibility index (Phi) is 5.17. The lowest BCUT2D eigenvalue weighted by Crippen LogP contribution is -2.16. The van der Waals surface area contributed by atoms with Gasteiger partial charge in [-0.15, -0.1) is 0 Å². The summed E-state index contributed by atoms with van der Waals surface area (Å²) in [6.45, 7) is 0. The SMILES string of the molecule is NC(CC1CCCCCC1)c1cc(F)c(F)cc1Cl. The van der Waals surface area contributed by atoms with Crippen molar-refractivity contribution >= 4 is 11.6 Å². The molecule has 19 heavy (non-hydrogen) atoms. The second-order valence-corrected chi connectivity index (χ2v) is 5.89. The summed E-state index contributed by atoms with van der Waals surface area (Å²) in [7, 11) is 0. The normalized spacial score (nSPS) is 19.2. The van der Waals surface area contributed by atoms with Crippen molar-refractivity contribution in [1.29, 1.82) is 0 Å². The highest BCUT2D eigenvalue weighted by Crippen LogP contribution is 2.33. The van der Waals surface area contributed by atoms with E-state index in [0.29, 0.717) is 11.5 Å². The van der Waals surface area contributed by atoms with E-state index in [4.69, 9.17) is 17.3 Å². The maximum absolute atomic E-state index is 13.3. The Morgan fingerprint density at radius 2 is 1.68 bits per heavy atom. The van der Waals surface area contributed by atoms with Crippen LogP contribution in [0.4, 0.5) is 8.78 Å². The lowest BCUT2D eigenvalue weighted by molar-refractivity contribution is 0.391. The summed E-state index contributed by atoms with van der Waals surface area (Å²) in [5.74, 6) is -1.23. The van der Waals surface area contributed by atoms with Crippen molar-refractivity contribution in [2.75, 3.05) is 0 Å². The first kappa shape index (κ1) is 14.7. The van der Waals surface area contributed by atoms with Crippen LogP contribution in [0.25, 0.3) is 0 Å². The summed E-state index contributed by atoms with van der Waals surface area (Å²) in [4.78, 5) is 0. The molecule has 0 aliphatic heterocycles. The van der Waals surface area contributed by atoms with E-state index >= 15 is 0 Å². The molecule has 2 N–H and O–H groups in total. The molecule has 1 atom stereocenters. The first-order chi connectivity index (χ1) is 9.08. The fourth-order valence-corrected chi connectivity index (χ4v) is 3.20. The van der Waals surface area contributed by atoms with Crippen LogP contribution in [-0.4, -0.2) is 0 Å². The minimum atomic E-state index is -0.921. The predicted octanol–water partition coefficient (Wildman–Crippen LogP) is 4.98. The van der Waals surface area contributed by atoms with Crippen LogP contribution in [0.3, 0.4) is 0 Å². The monoisotopic (exact) mass is 287 g/mol. The van der Waals surface area contributed by atoms with E-state index in [1.807, 2.05) is 0 Å². The molecular formula is C15H20ClF2N. The van der Waals surface area contributed by atoms with E-state index in [-0.39, 0.29) is 11.1 Å². The van der Waals surface area contributed by atoms with Crippen molar-refractivity contribution in [3.63, 3.8) is 0 Å². The summed E-state index contributed by atoms with van der Waals surface area (Å²) in [6, 6.07) is 1.84. The van der Waals surface area contributed by atoms with E-state index in [1.54, 1.807) is 0 Å². The van der Waals surface area contributed by atoms with Crippen LogP contribution in [0.15, 0.2) is 12.1 Å². The van der Waals surface area contributed by atoms with E-state index in [9.17, 15) is 8.78 Å². The highest BCUT2D eigenvalue weighted by Gasteiger charge is 2.20. The molecule has 0 heterocycles. The van der Waals surface area contributed by atoms with Gasteiger partial charge in [-0.1, -0.05) is 50.1 Å². The third-order valence-electron chi connectivity index (χ3n) is 4.00. The van der Waals surface area contributed by atoms with Crippen molar-refractivity contribution in [3.8, 4) is 0 Å². The average molecular weight is 288 g/mol. The molecule has 1 aromatic carbocycles. The van der Waals surface area contributed by atoms with Gasteiger partial charge < -0.3 is 5.73 Å². The Morgan fingerprint density at radius 3 is 2.32 bits per heavy atom. The predicted molar refractivity (Wildman–Crippen MR) is 74.1 cm³/mol. The number of benzene rings is 1. The molecule has 1 unspecified atom stereocenters. The topological polar surface area (TPSA) is 26.0 Å². The Labute approximate surface area is 118 Å². The molecule has 0 spiro atoms. The van der Waals surface area contributed by atoms with Gasteiger partial charge in [-0.05, 0) is 30.0 Å². The standard InChI is InChI=1S/C15H20ClF2N/c16-12-9-14(18)13(17)8-11(12)15(19)7-10-5-3-1-2-4-6-10/h8-10,15H,1-7,19H2. The Morgan fingerprint density at radius 1 is 1.11 bits per heavy atom. The molecule has 1 fully saturated rings. The number of hydrogen-bond donors (Lipinski definition) is 1. The average Bonchev–Trinajstić information content (AvgIpc) is 2.62. The van der Waals surface area contributed by atoms with Crippen LogP contribution < -0.4 is 5.73 Å². The Hall–Kier alpha value is -0.670. The fraction of sp³-hybridized carbons (Fsp3) is 0.600. The highest BCUT2D eigenvalue weighted by atomic mass is 35.5. The number of hydrogen-bond acceptors (Lipinski definition) is 1. The maximum atomic E-state index is 13.3. The molecule has 1 nitrogen and oxygen atoms in total. The van der Waals surface area contributed by atoms with Crippen LogP contribution in [0.2, 0.25) is 5.02 Å². The quantitative estimate of drug-likeness (QED) is 0.616. The van der Waals surface area contributed by atoms with Gasteiger partial charge in [0.15, 0.2) is 11.6 Å². The largest absolute Gasteiger partial charge is 0.324 e. The molecule has 106 valence electrons. The zero-order chi connectivity index (χ0) is 13.8. The number of rotatable bonds is 3. The Bertz CT molecular complexity index is 428. The van der Waals surface area contributed by atoms with Crippen molar-refractivity contribution in [2.45, 2.75) is 51.0 Å². The molecule has 0 aromatic heterocycles. The van der Waals surface area contributed by atoms with E-state index < -0.39 is 11.6 Å². The van der Waals surface area contributed by atoms with Crippen LogP contribution in [-0.2, 0) is 0 Å². The van der Waals surface area contributed by atoms with E-state index in [2.05, 4.69) is 0 Å². The van der Waals surface area contributed by atoms with Gasteiger partial charge in [0.05, 0.1) is 0 Å². The number of halogens is 3. The molecule has 1 aliphatic rings. The molecule has 1 aromatic rings. The summed E-state index contributed by atoms with van der Waals surface area (Å²) in [5, 5.41) is 0.222. The third kappa shape index (κ3) is 3.90. The molecule has 2 rings (SSSR count). The summed E-state index contributed by atoms with van der Waals surface area (Å²) in [5.41, 5.74) is 6.64. The third-order valence-corrected chi connectivity index (χ3v) is 4.33. The van der Waals surface area contributed by atoms with Crippen molar-refractivity contribution < 1.29 is 8.78 Å². The van der Waals surface area contributed by atoms with E-state index in [1.165, 1.54) is 38.5 Å². The van der Waals surface area contributed by atoms with Gasteiger partial charge in [-0.25, -0.2) is 8.78 Å². The molecule has 0 saturated heterocycles. The minimum Gasteiger partial charge on any atom is -0.324 e. The summed E-state index contributed by atoms with van der Waals surface area (Å²) < 4.78 is 26.3. The fourth-order valence-electron chi connectivity index (χ4n) is 2.91. The molecule has 1 saturated carbocycles. The lowest BCUT2D eigenvalue weighted by atomic mass is 9.90. The van der Waals surface area contributed by atoms with Gasteiger partial charge in [0.1, 0.15) is 0 Å². The molecule has 0 radical (unpaired) electrons. The van der Waals surface area contributed by atoms with Gasteiger partial charge in [0.25, 0.3) is 0 Å². The minimum absolute atomic E-state index is 0.222. The van der Waals surface area contributed by atoms with Crippen molar-refractivity contribution in [3.05, 3.63) is 34.4 Å². The van der Waals surface area contributed by atoms with Crippen LogP contribution in [0, 0.1) is 17.6 Å². The lowest BCUT2D eigenvalue weighted by Gasteiger charge is -2.20. The van der Waals surface area contributed by atoms with Gasteiger partial charge in [0, 0.05) is 11.1 Å². The second kappa shape index (κ2) is 6.67. The highest BCUT2D eigenvalue weighted by molar-refractivity contribution is 6.31. The van der Waals surface area contributed by atoms with Crippen molar-refractivity contribution in [2.24, 2.45) is 11.7 Å². The molecular weight excluding hydrogens is 268 g/mol. The first-order valence-electron chi connectivity index (χ1n) is 6.98. The summed E-state index contributed by atoms with van der Waals surface area (Å²) in [6.07, 6.45) is 8.20. The van der Waals surface area contributed by atoms with Crippen LogP contribution in [0.1, 0.15) is 56.6 Å². The van der Waals surface area contributed by atoms with Gasteiger partial charge in [-0.2, -0.15) is 0 Å². The van der Waals surface area contributed by atoms with Gasteiger partial charge >= 0.3 is 0 Å². The van der Waals surface area contributed by atoms with Crippen LogP contribution in [0.5, 0.6) is 0 Å². The zero-order valence-corrected chi connectivity index (χ0v) is 11.7. The smallest absolute Gasteiger partial charge is 0.160 e. The molecule has 4 heteroatoms. The summed E-state index contributed by atoms with van der Waals surface area (Å²) >= 11 is 5.96.